The molecule has 21 heavy (non-hydrogen) atoms. The Morgan fingerprint density at radius 1 is 1.29 bits per heavy atom. The second kappa shape index (κ2) is 6.22. The quantitative estimate of drug-likeness (QED) is 0.870. The molecule has 2 aromatic rings. The largest absolute Gasteiger partial charge is 0.399 e. The summed E-state index contributed by atoms with van der Waals surface area (Å²) in [4.78, 5) is 2.37. The predicted octanol–water partition coefficient (Wildman–Crippen LogP) is 2.01. The van der Waals surface area contributed by atoms with Gasteiger partial charge in [-0.15, -0.1) is 5.10 Å². The van der Waals surface area contributed by atoms with Crippen LogP contribution in [0.2, 0.25) is 0 Å². The SMILES string of the molecule is CN(Cc1nnnn1-c1cccc(N)c1)C1CCCCC1. The summed E-state index contributed by atoms with van der Waals surface area (Å²) in [5.41, 5.74) is 7.47. The van der Waals surface area contributed by atoms with Gasteiger partial charge in [-0.3, -0.25) is 4.90 Å². The Labute approximate surface area is 124 Å². The van der Waals surface area contributed by atoms with E-state index in [-0.39, 0.29) is 0 Å². The van der Waals surface area contributed by atoms with E-state index in [1.54, 1.807) is 4.68 Å². The van der Waals surface area contributed by atoms with E-state index < -0.39 is 0 Å². The topological polar surface area (TPSA) is 72.9 Å². The maximum atomic E-state index is 5.84. The lowest BCUT2D eigenvalue weighted by Gasteiger charge is -2.30. The Kier molecular flexibility index (Phi) is 4.15. The standard InChI is InChI=1S/C15H22N6/c1-20(13-7-3-2-4-8-13)11-15-17-18-19-21(15)14-9-5-6-12(16)10-14/h5-6,9-10,13H,2-4,7-8,11,16H2,1H3. The molecule has 3 rings (SSSR count). The zero-order valence-electron chi connectivity index (χ0n) is 12.4. The Bertz CT molecular complexity index is 587. The Morgan fingerprint density at radius 3 is 2.86 bits per heavy atom. The van der Waals surface area contributed by atoms with Crippen LogP contribution in [-0.2, 0) is 6.54 Å². The van der Waals surface area contributed by atoms with Crippen LogP contribution in [0.15, 0.2) is 24.3 Å². The van der Waals surface area contributed by atoms with Crippen LogP contribution >= 0.6 is 0 Å². The molecule has 1 saturated carbocycles. The van der Waals surface area contributed by atoms with Crippen molar-refractivity contribution in [1.29, 1.82) is 0 Å². The highest BCUT2D eigenvalue weighted by Gasteiger charge is 2.20. The van der Waals surface area contributed by atoms with E-state index in [0.29, 0.717) is 6.04 Å². The molecule has 1 aliphatic carbocycles. The molecule has 2 N–H and O–H groups in total. The Hall–Kier alpha value is -1.95. The van der Waals surface area contributed by atoms with E-state index in [4.69, 9.17) is 5.73 Å². The molecule has 0 atom stereocenters. The van der Waals surface area contributed by atoms with Crippen molar-refractivity contribution >= 4 is 5.69 Å². The molecular weight excluding hydrogens is 264 g/mol. The van der Waals surface area contributed by atoms with Gasteiger partial charge in [0.1, 0.15) is 0 Å². The van der Waals surface area contributed by atoms with Crippen LogP contribution < -0.4 is 5.73 Å². The summed E-state index contributed by atoms with van der Waals surface area (Å²) >= 11 is 0. The first-order valence-electron chi connectivity index (χ1n) is 7.57. The third-order valence-corrected chi connectivity index (χ3v) is 4.24. The van der Waals surface area contributed by atoms with Crippen LogP contribution in [0.1, 0.15) is 37.9 Å². The van der Waals surface area contributed by atoms with Gasteiger partial charge in [0.15, 0.2) is 5.82 Å². The van der Waals surface area contributed by atoms with Gasteiger partial charge < -0.3 is 5.73 Å². The maximum Gasteiger partial charge on any atom is 0.170 e. The third kappa shape index (κ3) is 3.21. The lowest BCUT2D eigenvalue weighted by atomic mass is 9.94. The van der Waals surface area contributed by atoms with Gasteiger partial charge >= 0.3 is 0 Å². The first-order valence-corrected chi connectivity index (χ1v) is 7.57. The molecular formula is C15H22N6. The number of aromatic nitrogens is 4. The number of tetrazole rings is 1. The van der Waals surface area contributed by atoms with Crippen LogP contribution in [0, 0.1) is 0 Å². The van der Waals surface area contributed by atoms with Crippen molar-refractivity contribution in [1.82, 2.24) is 25.1 Å². The van der Waals surface area contributed by atoms with Crippen LogP contribution in [0.3, 0.4) is 0 Å². The molecule has 0 aliphatic heterocycles. The molecule has 1 aromatic heterocycles. The Balaban J connectivity index is 1.76. The average Bonchev–Trinajstić information content (AvgIpc) is 2.96. The number of nitrogens with two attached hydrogens (primary N) is 1. The summed E-state index contributed by atoms with van der Waals surface area (Å²) in [5, 5.41) is 12.1. The molecule has 6 heteroatoms. The number of rotatable bonds is 4. The van der Waals surface area contributed by atoms with E-state index in [9.17, 15) is 0 Å². The fourth-order valence-electron chi connectivity index (χ4n) is 3.04. The van der Waals surface area contributed by atoms with E-state index in [0.717, 1.165) is 23.7 Å². The summed E-state index contributed by atoms with van der Waals surface area (Å²) < 4.78 is 1.77. The molecule has 6 nitrogen and oxygen atoms in total. The van der Waals surface area contributed by atoms with Gasteiger partial charge in [0.05, 0.1) is 12.2 Å². The summed E-state index contributed by atoms with van der Waals surface area (Å²) in [6.45, 7) is 0.756. The van der Waals surface area contributed by atoms with Crippen LogP contribution in [-0.4, -0.2) is 38.2 Å². The molecule has 1 heterocycles. The van der Waals surface area contributed by atoms with Crippen LogP contribution in [0.4, 0.5) is 5.69 Å². The average molecular weight is 286 g/mol. The lowest BCUT2D eigenvalue weighted by molar-refractivity contribution is 0.179. The van der Waals surface area contributed by atoms with Gasteiger partial charge in [0.25, 0.3) is 0 Å². The van der Waals surface area contributed by atoms with Gasteiger partial charge in [-0.05, 0) is 48.5 Å². The smallest absolute Gasteiger partial charge is 0.170 e. The summed E-state index contributed by atoms with van der Waals surface area (Å²) in [6.07, 6.45) is 6.57. The predicted molar refractivity (Wildman–Crippen MR) is 81.9 cm³/mol. The first-order chi connectivity index (χ1) is 10.2. The molecule has 1 aromatic carbocycles. The summed E-state index contributed by atoms with van der Waals surface area (Å²) in [5.74, 6) is 0.855. The number of anilines is 1. The van der Waals surface area contributed by atoms with Crippen LogP contribution in [0.5, 0.6) is 0 Å². The normalized spacial score (nSPS) is 16.5. The van der Waals surface area contributed by atoms with E-state index >= 15 is 0 Å². The van der Waals surface area contributed by atoms with Gasteiger partial charge in [-0.2, -0.15) is 4.68 Å². The third-order valence-electron chi connectivity index (χ3n) is 4.24. The Morgan fingerprint density at radius 2 is 2.10 bits per heavy atom. The zero-order chi connectivity index (χ0) is 14.7. The van der Waals surface area contributed by atoms with E-state index in [1.807, 2.05) is 24.3 Å². The van der Waals surface area contributed by atoms with Crippen molar-refractivity contribution in [3.05, 3.63) is 30.1 Å². The van der Waals surface area contributed by atoms with Crippen molar-refractivity contribution < 1.29 is 0 Å². The van der Waals surface area contributed by atoms with Gasteiger partial charge in [0, 0.05) is 11.7 Å². The maximum absolute atomic E-state index is 5.84. The van der Waals surface area contributed by atoms with Crippen molar-refractivity contribution in [3.8, 4) is 5.69 Å². The summed E-state index contributed by atoms with van der Waals surface area (Å²) in [7, 11) is 2.16. The number of hydrogen-bond donors (Lipinski definition) is 1. The van der Waals surface area contributed by atoms with Crippen molar-refractivity contribution in [2.24, 2.45) is 0 Å². The van der Waals surface area contributed by atoms with Gasteiger partial charge in [-0.1, -0.05) is 25.3 Å². The van der Waals surface area contributed by atoms with E-state index in [2.05, 4.69) is 27.5 Å². The van der Waals surface area contributed by atoms with E-state index in [1.165, 1.54) is 32.1 Å². The zero-order valence-corrected chi connectivity index (χ0v) is 12.4. The fourth-order valence-corrected chi connectivity index (χ4v) is 3.04. The highest BCUT2D eigenvalue weighted by molar-refractivity contribution is 5.47. The number of hydrogen-bond acceptors (Lipinski definition) is 5. The molecule has 1 aliphatic rings. The minimum atomic E-state index is 0.643. The molecule has 0 bridgehead atoms. The number of nitrogens with zero attached hydrogens (tertiary/aromatic N) is 5. The lowest BCUT2D eigenvalue weighted by Crippen LogP contribution is -2.33. The van der Waals surface area contributed by atoms with Crippen LogP contribution in [0.25, 0.3) is 5.69 Å². The number of nitrogen functional groups attached to an aromatic ring is 1. The molecule has 112 valence electrons. The molecule has 0 radical (unpaired) electrons. The molecule has 0 spiro atoms. The molecule has 0 saturated heterocycles. The minimum absolute atomic E-state index is 0.643. The minimum Gasteiger partial charge on any atom is -0.399 e. The molecule has 0 unspecified atom stereocenters. The molecule has 0 amide bonds. The highest BCUT2D eigenvalue weighted by Crippen LogP contribution is 2.23. The fraction of sp³-hybridized carbons (Fsp3) is 0.533. The first kappa shape index (κ1) is 14.0. The van der Waals surface area contributed by atoms with Gasteiger partial charge in [0.2, 0.25) is 0 Å². The van der Waals surface area contributed by atoms with Crippen molar-refractivity contribution in [3.63, 3.8) is 0 Å². The second-order valence-electron chi connectivity index (χ2n) is 5.81. The monoisotopic (exact) mass is 286 g/mol. The van der Waals surface area contributed by atoms with Crippen molar-refractivity contribution in [2.45, 2.75) is 44.7 Å². The summed E-state index contributed by atoms with van der Waals surface area (Å²) in [6, 6.07) is 8.28. The molecule has 1 fully saturated rings. The number of benzene rings is 1. The second-order valence-corrected chi connectivity index (χ2v) is 5.81. The van der Waals surface area contributed by atoms with Gasteiger partial charge in [-0.25, -0.2) is 0 Å². The van der Waals surface area contributed by atoms with Crippen molar-refractivity contribution in [2.75, 3.05) is 12.8 Å². The highest BCUT2D eigenvalue weighted by atomic mass is 15.5.